The van der Waals surface area contributed by atoms with Crippen molar-refractivity contribution >= 4 is 5.97 Å². The molecule has 0 spiro atoms. The topological polar surface area (TPSA) is 76.6 Å². The van der Waals surface area contributed by atoms with Gasteiger partial charge in [-0.05, 0) is 42.5 Å². The number of esters is 1. The van der Waals surface area contributed by atoms with Gasteiger partial charge < -0.3 is 9.47 Å². The van der Waals surface area contributed by atoms with E-state index in [0.29, 0.717) is 11.9 Å². The molecule has 0 unspecified atom stereocenters. The second-order valence-corrected chi connectivity index (χ2v) is 6.63. The van der Waals surface area contributed by atoms with Crippen LogP contribution in [0.15, 0.2) is 30.6 Å². The molecule has 1 N–H and O–H groups in total. The predicted molar refractivity (Wildman–Crippen MR) is 94.8 cm³/mol. The quantitative estimate of drug-likeness (QED) is 0.845. The normalized spacial score (nSPS) is 17.7. The molecule has 1 aliphatic carbocycles. The van der Waals surface area contributed by atoms with Crippen LogP contribution in [0.5, 0.6) is 11.6 Å². The van der Waals surface area contributed by atoms with Gasteiger partial charge in [-0.3, -0.25) is 5.43 Å². The van der Waals surface area contributed by atoms with Gasteiger partial charge in [0.1, 0.15) is 5.75 Å². The minimum atomic E-state index is -0.516. The third kappa shape index (κ3) is 3.54. The lowest BCUT2D eigenvalue weighted by Crippen LogP contribution is -2.48. The molecule has 7 heteroatoms. The van der Waals surface area contributed by atoms with Crippen LogP contribution in [0.25, 0.3) is 0 Å². The molecule has 1 aromatic carbocycles. The maximum atomic E-state index is 11.4. The SMILES string of the molecule is COC(=O)c1cnc(Oc2ccc3c(c2)CCN(C2CCC2)NC3)cn1. The molecule has 0 saturated heterocycles. The van der Waals surface area contributed by atoms with Gasteiger partial charge in [-0.1, -0.05) is 12.5 Å². The summed E-state index contributed by atoms with van der Waals surface area (Å²) < 4.78 is 10.4. The molecule has 0 bridgehead atoms. The van der Waals surface area contributed by atoms with E-state index in [9.17, 15) is 4.79 Å². The Bertz CT molecular complexity index is 790. The van der Waals surface area contributed by atoms with Crippen LogP contribution in [-0.4, -0.2) is 40.6 Å². The Morgan fingerprint density at radius 1 is 1.23 bits per heavy atom. The molecular weight excluding hydrogens is 332 g/mol. The fourth-order valence-corrected chi connectivity index (χ4v) is 3.29. The number of hydrazine groups is 1. The van der Waals surface area contributed by atoms with Gasteiger partial charge in [-0.2, -0.15) is 0 Å². The lowest BCUT2D eigenvalue weighted by Gasteiger charge is -2.36. The van der Waals surface area contributed by atoms with Crippen LogP contribution >= 0.6 is 0 Å². The van der Waals surface area contributed by atoms with E-state index in [-0.39, 0.29) is 5.69 Å². The molecule has 1 aliphatic heterocycles. The number of benzene rings is 1. The zero-order valence-electron chi connectivity index (χ0n) is 14.8. The molecule has 1 aromatic heterocycles. The maximum Gasteiger partial charge on any atom is 0.358 e. The first-order valence-electron chi connectivity index (χ1n) is 8.93. The molecule has 26 heavy (non-hydrogen) atoms. The summed E-state index contributed by atoms with van der Waals surface area (Å²) >= 11 is 0. The number of ether oxygens (including phenoxy) is 2. The Labute approximate surface area is 152 Å². The van der Waals surface area contributed by atoms with E-state index < -0.39 is 5.97 Å². The van der Waals surface area contributed by atoms with Gasteiger partial charge in [-0.25, -0.2) is 19.8 Å². The largest absolute Gasteiger partial charge is 0.464 e. The fraction of sp³-hybridized carbons (Fsp3) is 0.421. The molecule has 136 valence electrons. The summed E-state index contributed by atoms with van der Waals surface area (Å²) in [7, 11) is 1.31. The summed E-state index contributed by atoms with van der Waals surface area (Å²) in [6.07, 6.45) is 7.69. The number of nitrogens with one attached hydrogen (secondary N) is 1. The maximum absolute atomic E-state index is 11.4. The number of methoxy groups -OCH3 is 1. The van der Waals surface area contributed by atoms with E-state index in [2.05, 4.69) is 37.3 Å². The van der Waals surface area contributed by atoms with Crippen molar-refractivity contribution in [3.8, 4) is 11.6 Å². The number of hydrogen-bond acceptors (Lipinski definition) is 7. The monoisotopic (exact) mass is 354 g/mol. The summed E-state index contributed by atoms with van der Waals surface area (Å²) in [5.74, 6) is 0.555. The third-order valence-electron chi connectivity index (χ3n) is 5.03. The number of fused-ring (bicyclic) bond motifs is 1. The van der Waals surface area contributed by atoms with Crippen molar-refractivity contribution in [3.63, 3.8) is 0 Å². The summed E-state index contributed by atoms with van der Waals surface area (Å²) in [5, 5.41) is 2.39. The van der Waals surface area contributed by atoms with E-state index >= 15 is 0 Å². The molecule has 1 fully saturated rings. The summed E-state index contributed by atoms with van der Waals surface area (Å²) in [4.78, 5) is 19.5. The van der Waals surface area contributed by atoms with Crippen LogP contribution < -0.4 is 10.2 Å². The van der Waals surface area contributed by atoms with Crippen LogP contribution in [0.3, 0.4) is 0 Å². The second-order valence-electron chi connectivity index (χ2n) is 6.63. The first-order chi connectivity index (χ1) is 12.7. The highest BCUT2D eigenvalue weighted by molar-refractivity contribution is 5.86. The minimum absolute atomic E-state index is 0.156. The molecule has 1 saturated carbocycles. The van der Waals surface area contributed by atoms with E-state index in [4.69, 9.17) is 4.74 Å². The van der Waals surface area contributed by atoms with Crippen molar-refractivity contribution in [2.24, 2.45) is 0 Å². The van der Waals surface area contributed by atoms with Crippen LogP contribution in [0.1, 0.15) is 40.9 Å². The molecule has 0 radical (unpaired) electrons. The van der Waals surface area contributed by atoms with Crippen molar-refractivity contribution in [2.45, 2.75) is 38.3 Å². The zero-order valence-corrected chi connectivity index (χ0v) is 14.8. The van der Waals surface area contributed by atoms with Crippen LogP contribution in [0.4, 0.5) is 0 Å². The molecule has 0 amide bonds. The number of carbonyl (C=O) groups excluding carboxylic acids is 1. The predicted octanol–water partition coefficient (Wildman–Crippen LogP) is 2.47. The summed E-state index contributed by atoms with van der Waals surface area (Å²) in [6, 6.07) is 6.79. The standard InChI is InChI=1S/C19H22N4O3/c1-25-19(24)17-11-21-18(12-20-17)26-16-6-5-14-10-22-23(15-3-2-4-15)8-7-13(14)9-16/h5-6,9,11-12,15,22H,2-4,7-8,10H2,1H3. The number of rotatable bonds is 4. The van der Waals surface area contributed by atoms with Crippen molar-refractivity contribution in [1.29, 1.82) is 0 Å². The van der Waals surface area contributed by atoms with Gasteiger partial charge in [0.05, 0.1) is 19.5 Å². The molecule has 2 aliphatic rings. The van der Waals surface area contributed by atoms with Gasteiger partial charge in [0.25, 0.3) is 0 Å². The van der Waals surface area contributed by atoms with E-state index in [1.807, 2.05) is 6.07 Å². The smallest absolute Gasteiger partial charge is 0.358 e. The summed E-state index contributed by atoms with van der Waals surface area (Å²) in [6.45, 7) is 1.86. The van der Waals surface area contributed by atoms with E-state index in [1.54, 1.807) is 0 Å². The molecule has 7 nitrogen and oxygen atoms in total. The Kier molecular flexibility index (Phi) is 4.81. The van der Waals surface area contributed by atoms with E-state index in [1.165, 1.54) is 49.9 Å². The number of carbonyl (C=O) groups is 1. The first-order valence-corrected chi connectivity index (χ1v) is 8.93. The number of aromatic nitrogens is 2. The number of nitrogens with zero attached hydrogens (tertiary/aromatic N) is 3. The van der Waals surface area contributed by atoms with Crippen molar-refractivity contribution in [1.82, 2.24) is 20.4 Å². The molecule has 2 heterocycles. The van der Waals surface area contributed by atoms with Gasteiger partial charge in [-0.15, -0.1) is 0 Å². The molecule has 2 aromatic rings. The van der Waals surface area contributed by atoms with Gasteiger partial charge in [0.2, 0.25) is 5.88 Å². The van der Waals surface area contributed by atoms with Crippen LogP contribution in [0, 0.1) is 0 Å². The van der Waals surface area contributed by atoms with Crippen molar-refractivity contribution in [3.05, 3.63) is 47.4 Å². The Morgan fingerprint density at radius 3 is 2.81 bits per heavy atom. The Balaban J connectivity index is 1.44. The summed E-state index contributed by atoms with van der Waals surface area (Å²) in [5.41, 5.74) is 6.30. The number of hydrogen-bond donors (Lipinski definition) is 1. The first kappa shape index (κ1) is 16.9. The Morgan fingerprint density at radius 2 is 2.12 bits per heavy atom. The van der Waals surface area contributed by atoms with Crippen LogP contribution in [-0.2, 0) is 17.7 Å². The highest BCUT2D eigenvalue weighted by Crippen LogP contribution is 2.28. The van der Waals surface area contributed by atoms with Gasteiger partial charge in [0, 0.05) is 19.1 Å². The average molecular weight is 354 g/mol. The molecule has 0 atom stereocenters. The van der Waals surface area contributed by atoms with Gasteiger partial charge >= 0.3 is 5.97 Å². The highest BCUT2D eigenvalue weighted by Gasteiger charge is 2.26. The minimum Gasteiger partial charge on any atom is -0.464 e. The zero-order chi connectivity index (χ0) is 17.9. The molecule has 4 rings (SSSR count). The van der Waals surface area contributed by atoms with Gasteiger partial charge in [0.15, 0.2) is 5.69 Å². The fourth-order valence-electron chi connectivity index (χ4n) is 3.29. The highest BCUT2D eigenvalue weighted by atomic mass is 16.5. The van der Waals surface area contributed by atoms with Crippen LogP contribution in [0.2, 0.25) is 0 Å². The lowest BCUT2D eigenvalue weighted by molar-refractivity contribution is 0.0593. The Hall–Kier alpha value is -2.51. The second kappa shape index (κ2) is 7.39. The van der Waals surface area contributed by atoms with Crippen molar-refractivity contribution < 1.29 is 14.3 Å². The molecular formula is C19H22N4O3. The van der Waals surface area contributed by atoms with E-state index in [0.717, 1.165) is 25.3 Å². The lowest BCUT2D eigenvalue weighted by atomic mass is 9.92. The van der Waals surface area contributed by atoms with Crippen molar-refractivity contribution in [2.75, 3.05) is 13.7 Å². The average Bonchev–Trinajstić information content (AvgIpc) is 2.83. The third-order valence-corrected chi connectivity index (χ3v) is 5.03.